The van der Waals surface area contributed by atoms with Gasteiger partial charge in [0.25, 0.3) is 0 Å². The number of pyridine rings is 1. The molecule has 0 bridgehead atoms. The third kappa shape index (κ3) is 4.39. The minimum atomic E-state index is -1.02. The van der Waals surface area contributed by atoms with Gasteiger partial charge in [-0.05, 0) is 43.2 Å². The van der Waals surface area contributed by atoms with Gasteiger partial charge in [0, 0.05) is 25.3 Å². The van der Waals surface area contributed by atoms with Crippen LogP contribution in [-0.4, -0.2) is 46.0 Å². The molecule has 0 spiro atoms. The van der Waals surface area contributed by atoms with E-state index in [1.165, 1.54) is 12.3 Å². The van der Waals surface area contributed by atoms with Crippen LogP contribution < -0.4 is 5.32 Å². The van der Waals surface area contributed by atoms with Gasteiger partial charge in [-0.15, -0.1) is 0 Å². The van der Waals surface area contributed by atoms with Crippen molar-refractivity contribution in [3.63, 3.8) is 0 Å². The summed E-state index contributed by atoms with van der Waals surface area (Å²) < 4.78 is 0. The highest BCUT2D eigenvalue weighted by molar-refractivity contribution is 5.87. The van der Waals surface area contributed by atoms with Crippen molar-refractivity contribution >= 4 is 11.9 Å². The lowest BCUT2D eigenvalue weighted by molar-refractivity contribution is -0.117. The quantitative estimate of drug-likeness (QED) is 0.792. The molecule has 112 valence electrons. The maximum absolute atomic E-state index is 11.3. The van der Waals surface area contributed by atoms with Crippen LogP contribution in [0.5, 0.6) is 0 Å². The van der Waals surface area contributed by atoms with E-state index in [1.54, 1.807) is 6.07 Å². The molecule has 0 unspecified atom stereocenters. The Hall–Kier alpha value is -2.21. The summed E-state index contributed by atoms with van der Waals surface area (Å²) in [6, 6.07) is 3.53. The lowest BCUT2D eigenvalue weighted by Crippen LogP contribution is -2.46. The highest BCUT2D eigenvalue weighted by atomic mass is 16.4. The van der Waals surface area contributed by atoms with Crippen LogP contribution in [-0.2, 0) is 11.3 Å². The second-order valence-corrected chi connectivity index (χ2v) is 5.14. The van der Waals surface area contributed by atoms with Crippen LogP contribution in [0.1, 0.15) is 28.9 Å². The molecule has 1 atom stereocenters. The molecule has 6 heteroatoms. The standard InChI is InChI=1S/C15H19N3O3/c1-2-14(19)17-12-4-3-7-18(10-12)9-11-5-6-16-13(8-11)15(20)21/h2,5-6,8,12H,1,3-4,7,9-10H2,(H,17,19)(H,20,21)/t12-/m1/s1. The summed E-state index contributed by atoms with van der Waals surface area (Å²) in [7, 11) is 0. The first kappa shape index (κ1) is 15.2. The highest BCUT2D eigenvalue weighted by Crippen LogP contribution is 2.14. The Kier molecular flexibility index (Phi) is 5.05. The van der Waals surface area contributed by atoms with E-state index < -0.39 is 5.97 Å². The van der Waals surface area contributed by atoms with Crippen molar-refractivity contribution in [2.75, 3.05) is 13.1 Å². The summed E-state index contributed by atoms with van der Waals surface area (Å²) in [5.41, 5.74) is 0.971. The third-order valence-electron chi connectivity index (χ3n) is 3.49. The van der Waals surface area contributed by atoms with Crippen molar-refractivity contribution in [2.24, 2.45) is 0 Å². The van der Waals surface area contributed by atoms with E-state index in [4.69, 9.17) is 5.11 Å². The van der Waals surface area contributed by atoms with Gasteiger partial charge in [0.05, 0.1) is 0 Å². The number of nitrogens with zero attached hydrogens (tertiary/aromatic N) is 2. The second kappa shape index (κ2) is 6.99. The lowest BCUT2D eigenvalue weighted by Gasteiger charge is -2.33. The van der Waals surface area contributed by atoms with Crippen LogP contribution in [0.3, 0.4) is 0 Å². The van der Waals surface area contributed by atoms with Crippen LogP contribution >= 0.6 is 0 Å². The van der Waals surface area contributed by atoms with E-state index in [1.807, 2.05) is 6.07 Å². The minimum Gasteiger partial charge on any atom is -0.477 e. The number of rotatable bonds is 5. The summed E-state index contributed by atoms with van der Waals surface area (Å²) in [5, 5.41) is 11.9. The first-order chi connectivity index (χ1) is 10.1. The van der Waals surface area contributed by atoms with Crippen LogP contribution in [0, 0.1) is 0 Å². The summed E-state index contributed by atoms with van der Waals surface area (Å²) in [6.45, 7) is 5.80. The molecule has 21 heavy (non-hydrogen) atoms. The number of carbonyl (C=O) groups excluding carboxylic acids is 1. The SMILES string of the molecule is C=CC(=O)N[C@@H]1CCCN(Cc2ccnc(C(=O)O)c2)C1. The Labute approximate surface area is 123 Å². The zero-order valence-corrected chi connectivity index (χ0v) is 11.8. The zero-order valence-electron chi connectivity index (χ0n) is 11.8. The van der Waals surface area contributed by atoms with Gasteiger partial charge in [0.2, 0.25) is 5.91 Å². The average Bonchev–Trinajstić information content (AvgIpc) is 2.47. The van der Waals surface area contributed by atoms with Crippen molar-refractivity contribution in [1.82, 2.24) is 15.2 Å². The van der Waals surface area contributed by atoms with Gasteiger partial charge in [-0.3, -0.25) is 9.69 Å². The molecule has 0 aromatic carbocycles. The molecule has 2 heterocycles. The predicted molar refractivity (Wildman–Crippen MR) is 77.8 cm³/mol. The molecule has 1 aliphatic rings. The Balaban J connectivity index is 1.96. The number of carbonyl (C=O) groups is 2. The molecule has 1 aromatic rings. The fourth-order valence-corrected chi connectivity index (χ4v) is 2.52. The van der Waals surface area contributed by atoms with Gasteiger partial charge < -0.3 is 10.4 Å². The van der Waals surface area contributed by atoms with E-state index in [2.05, 4.69) is 21.8 Å². The van der Waals surface area contributed by atoms with Gasteiger partial charge in [-0.1, -0.05) is 6.58 Å². The van der Waals surface area contributed by atoms with Crippen LogP contribution in [0.4, 0.5) is 0 Å². The van der Waals surface area contributed by atoms with E-state index >= 15 is 0 Å². The smallest absolute Gasteiger partial charge is 0.354 e. The average molecular weight is 289 g/mol. The number of hydrogen-bond acceptors (Lipinski definition) is 4. The van der Waals surface area contributed by atoms with Gasteiger partial charge in [0.1, 0.15) is 5.69 Å². The molecule has 2 rings (SSSR count). The summed E-state index contributed by atoms with van der Waals surface area (Å²) in [4.78, 5) is 28.3. The van der Waals surface area contributed by atoms with Crippen molar-refractivity contribution in [3.8, 4) is 0 Å². The van der Waals surface area contributed by atoms with Gasteiger partial charge in [-0.25, -0.2) is 9.78 Å². The molecular weight excluding hydrogens is 270 g/mol. The highest BCUT2D eigenvalue weighted by Gasteiger charge is 2.21. The van der Waals surface area contributed by atoms with Crippen LogP contribution in [0.2, 0.25) is 0 Å². The number of hydrogen-bond donors (Lipinski definition) is 2. The number of aromatic carboxylic acids is 1. The largest absolute Gasteiger partial charge is 0.477 e. The lowest BCUT2D eigenvalue weighted by atomic mass is 10.0. The van der Waals surface area contributed by atoms with Gasteiger partial charge >= 0.3 is 5.97 Å². The van der Waals surface area contributed by atoms with E-state index in [-0.39, 0.29) is 17.6 Å². The molecule has 1 amide bonds. The van der Waals surface area contributed by atoms with Crippen LogP contribution in [0.25, 0.3) is 0 Å². The van der Waals surface area contributed by atoms with Gasteiger partial charge in [-0.2, -0.15) is 0 Å². The molecule has 1 fully saturated rings. The Bertz CT molecular complexity index is 545. The van der Waals surface area contributed by atoms with Crippen molar-refractivity contribution in [2.45, 2.75) is 25.4 Å². The summed E-state index contributed by atoms with van der Waals surface area (Å²) in [6.07, 6.45) is 4.74. The molecular formula is C15H19N3O3. The van der Waals surface area contributed by atoms with Crippen molar-refractivity contribution in [1.29, 1.82) is 0 Å². The number of carboxylic acids is 1. The maximum Gasteiger partial charge on any atom is 0.354 e. The maximum atomic E-state index is 11.3. The normalized spacial score (nSPS) is 19.0. The molecule has 0 saturated carbocycles. The fraction of sp³-hybridized carbons (Fsp3) is 0.400. The Morgan fingerprint density at radius 3 is 3.10 bits per heavy atom. The number of carboxylic acid groups (broad SMARTS) is 1. The molecule has 2 N–H and O–H groups in total. The molecule has 1 aromatic heterocycles. The molecule has 0 radical (unpaired) electrons. The minimum absolute atomic E-state index is 0.0565. The first-order valence-corrected chi connectivity index (χ1v) is 6.92. The van der Waals surface area contributed by atoms with Gasteiger partial charge in [0.15, 0.2) is 0 Å². The third-order valence-corrected chi connectivity index (χ3v) is 3.49. The van der Waals surface area contributed by atoms with Crippen LogP contribution in [0.15, 0.2) is 31.0 Å². The summed E-state index contributed by atoms with van der Waals surface area (Å²) >= 11 is 0. The zero-order chi connectivity index (χ0) is 15.2. The molecule has 0 aliphatic carbocycles. The fourth-order valence-electron chi connectivity index (χ4n) is 2.52. The van der Waals surface area contributed by atoms with Crippen molar-refractivity contribution < 1.29 is 14.7 Å². The van der Waals surface area contributed by atoms with E-state index in [0.29, 0.717) is 6.54 Å². The number of likely N-dealkylation sites (tertiary alicyclic amines) is 1. The molecule has 1 saturated heterocycles. The first-order valence-electron chi connectivity index (χ1n) is 6.92. The summed E-state index contributed by atoms with van der Waals surface area (Å²) in [5.74, 6) is -1.18. The molecule has 6 nitrogen and oxygen atoms in total. The molecule has 1 aliphatic heterocycles. The van der Waals surface area contributed by atoms with E-state index in [0.717, 1.165) is 31.5 Å². The number of nitrogens with one attached hydrogen (secondary N) is 1. The number of amides is 1. The Morgan fingerprint density at radius 2 is 2.38 bits per heavy atom. The number of aromatic nitrogens is 1. The topological polar surface area (TPSA) is 82.5 Å². The Morgan fingerprint density at radius 1 is 1.57 bits per heavy atom. The monoisotopic (exact) mass is 289 g/mol. The second-order valence-electron chi connectivity index (χ2n) is 5.14. The predicted octanol–water partition coefficient (Wildman–Crippen LogP) is 1.05. The van der Waals surface area contributed by atoms with E-state index in [9.17, 15) is 9.59 Å². The number of piperidine rings is 1. The van der Waals surface area contributed by atoms with Crippen molar-refractivity contribution in [3.05, 3.63) is 42.2 Å².